The zero-order valence-corrected chi connectivity index (χ0v) is 18.8. The summed E-state index contributed by atoms with van der Waals surface area (Å²) in [6.07, 6.45) is 4.25. The number of fused-ring (bicyclic) bond motifs is 1. The molecular weight excluding hydrogens is 410 g/mol. The molecule has 1 aromatic rings. The number of carbonyl (C=O) groups is 1. The lowest BCUT2D eigenvalue weighted by Crippen LogP contribution is -2.23. The van der Waals surface area contributed by atoms with Gasteiger partial charge in [-0.05, 0) is 52.8 Å². The highest BCUT2D eigenvalue weighted by Gasteiger charge is 2.20. The molecule has 0 amide bonds. The van der Waals surface area contributed by atoms with Gasteiger partial charge in [-0.15, -0.1) is 0 Å². The molecule has 2 aliphatic rings. The Bertz CT molecular complexity index is 1150. The van der Waals surface area contributed by atoms with Crippen LogP contribution in [0.5, 0.6) is 0 Å². The molecule has 0 atom stereocenters. The van der Waals surface area contributed by atoms with Gasteiger partial charge in [0.05, 0.1) is 17.6 Å². The van der Waals surface area contributed by atoms with Gasteiger partial charge >= 0.3 is 5.97 Å². The van der Waals surface area contributed by atoms with Crippen LogP contribution in [0.25, 0.3) is 11.1 Å². The second-order valence-electron chi connectivity index (χ2n) is 7.56. The molecule has 162 valence electrons. The van der Waals surface area contributed by atoms with Gasteiger partial charge < -0.3 is 4.74 Å². The first-order chi connectivity index (χ1) is 14.8. The third kappa shape index (κ3) is 5.40. The maximum absolute atomic E-state index is 12.3. The minimum Gasteiger partial charge on any atom is -0.465 e. The van der Waals surface area contributed by atoms with Crippen molar-refractivity contribution in [3.8, 4) is 11.1 Å². The van der Waals surface area contributed by atoms with Gasteiger partial charge in [-0.1, -0.05) is 68.5 Å². The van der Waals surface area contributed by atoms with Crippen LogP contribution < -0.4 is 4.72 Å². The SMILES string of the molecule is COC(=O)c1cc(C/C=C\CNS(=O)(=O)c2ccccc2)c2ccc(C(C)C)ccc1-2. The molecule has 1 aromatic carbocycles. The normalized spacial score (nSPS) is 12.0. The van der Waals surface area contributed by atoms with Gasteiger partial charge in [-0.3, -0.25) is 0 Å². The topological polar surface area (TPSA) is 72.5 Å². The Hall–Kier alpha value is -2.96. The van der Waals surface area contributed by atoms with Crippen LogP contribution in [0.3, 0.4) is 0 Å². The van der Waals surface area contributed by atoms with E-state index in [4.69, 9.17) is 4.74 Å². The van der Waals surface area contributed by atoms with E-state index < -0.39 is 10.0 Å². The van der Waals surface area contributed by atoms with E-state index in [0.717, 1.165) is 16.7 Å². The van der Waals surface area contributed by atoms with Gasteiger partial charge in [0.2, 0.25) is 10.0 Å². The van der Waals surface area contributed by atoms with E-state index in [1.807, 2.05) is 30.3 Å². The van der Waals surface area contributed by atoms with E-state index in [1.165, 1.54) is 12.7 Å². The molecule has 0 saturated heterocycles. The van der Waals surface area contributed by atoms with Crippen LogP contribution in [0, 0.1) is 0 Å². The van der Waals surface area contributed by atoms with Gasteiger partial charge in [-0.25, -0.2) is 17.9 Å². The molecule has 6 heteroatoms. The largest absolute Gasteiger partial charge is 0.465 e. The summed E-state index contributed by atoms with van der Waals surface area (Å²) >= 11 is 0. The molecule has 3 rings (SSSR count). The second kappa shape index (κ2) is 9.90. The quantitative estimate of drug-likeness (QED) is 0.407. The van der Waals surface area contributed by atoms with Gasteiger partial charge in [0.1, 0.15) is 0 Å². The number of nitrogens with one attached hydrogen (secondary N) is 1. The number of allylic oxidation sites excluding steroid dienone is 1. The molecule has 5 nitrogen and oxygen atoms in total. The first-order valence-corrected chi connectivity index (χ1v) is 11.7. The van der Waals surface area contributed by atoms with Gasteiger partial charge in [0, 0.05) is 6.54 Å². The number of carbonyl (C=O) groups excluding carboxylic acids is 1. The average Bonchev–Trinajstić information content (AvgIpc) is 2.95. The van der Waals surface area contributed by atoms with E-state index in [1.54, 1.807) is 36.4 Å². The number of methoxy groups -OCH3 is 1. The molecule has 0 bridgehead atoms. The van der Waals surface area contributed by atoms with Crippen molar-refractivity contribution in [3.63, 3.8) is 0 Å². The lowest BCUT2D eigenvalue weighted by Gasteiger charge is -2.04. The zero-order valence-electron chi connectivity index (χ0n) is 18.0. The first-order valence-electron chi connectivity index (χ1n) is 10.2. The molecule has 0 fully saturated rings. The number of hydrogen-bond acceptors (Lipinski definition) is 4. The molecule has 2 aliphatic carbocycles. The van der Waals surface area contributed by atoms with Crippen LogP contribution in [0.2, 0.25) is 0 Å². The molecule has 0 saturated carbocycles. The highest BCUT2D eigenvalue weighted by atomic mass is 32.2. The fraction of sp³-hybridized carbons (Fsp3) is 0.240. The molecule has 0 spiro atoms. The van der Waals surface area contributed by atoms with E-state index in [2.05, 4.69) is 24.6 Å². The summed E-state index contributed by atoms with van der Waals surface area (Å²) in [5.41, 5.74) is 4.55. The molecule has 0 aliphatic heterocycles. The van der Waals surface area contributed by atoms with Crippen molar-refractivity contribution in [1.82, 2.24) is 4.72 Å². The van der Waals surface area contributed by atoms with E-state index >= 15 is 0 Å². The van der Waals surface area contributed by atoms with Crippen LogP contribution in [-0.4, -0.2) is 28.0 Å². The summed E-state index contributed by atoms with van der Waals surface area (Å²) < 4.78 is 32.1. The number of rotatable bonds is 8. The Labute approximate surface area is 184 Å². The maximum Gasteiger partial charge on any atom is 0.338 e. The lowest BCUT2D eigenvalue weighted by atomic mass is 10.1. The fourth-order valence-electron chi connectivity index (χ4n) is 3.41. The van der Waals surface area contributed by atoms with Crippen LogP contribution in [0.1, 0.15) is 41.3 Å². The van der Waals surface area contributed by atoms with E-state index in [0.29, 0.717) is 17.9 Å². The molecule has 0 heterocycles. The van der Waals surface area contributed by atoms with Gasteiger partial charge in [-0.2, -0.15) is 0 Å². The Kier molecular flexibility index (Phi) is 7.25. The molecule has 0 aromatic heterocycles. The van der Waals surface area contributed by atoms with Crippen molar-refractivity contribution in [3.05, 3.63) is 89.5 Å². The standard InChI is InChI=1S/C25H27NO4S/c1-18(2)19-12-14-22-20(17-24(25(27)30-3)23(22)15-13-19)9-7-8-16-26-31(28,29)21-10-5-4-6-11-21/h4-8,10-15,17-18,26H,9,16H2,1-3H3/b8-7-. The third-order valence-corrected chi connectivity index (χ3v) is 6.59. The second-order valence-corrected chi connectivity index (χ2v) is 9.33. The Morgan fingerprint density at radius 1 is 1.00 bits per heavy atom. The van der Waals surface area contributed by atoms with Crippen molar-refractivity contribution >= 4 is 16.0 Å². The number of benzene rings is 1. The number of sulfonamides is 1. The third-order valence-electron chi connectivity index (χ3n) is 5.15. The van der Waals surface area contributed by atoms with E-state index in [-0.39, 0.29) is 17.4 Å². The predicted molar refractivity (Wildman–Crippen MR) is 123 cm³/mol. The Balaban J connectivity index is 1.77. The van der Waals surface area contributed by atoms with Crippen molar-refractivity contribution < 1.29 is 17.9 Å². The monoisotopic (exact) mass is 437 g/mol. The maximum atomic E-state index is 12.3. The average molecular weight is 438 g/mol. The number of hydrogen-bond donors (Lipinski definition) is 1. The lowest BCUT2D eigenvalue weighted by molar-refractivity contribution is 0.0602. The minimum atomic E-state index is -3.53. The summed E-state index contributed by atoms with van der Waals surface area (Å²) in [6, 6.07) is 18.2. The summed E-state index contributed by atoms with van der Waals surface area (Å²) in [6.45, 7) is 4.44. The Morgan fingerprint density at radius 3 is 2.32 bits per heavy atom. The van der Waals surface area contributed by atoms with Gasteiger partial charge in [0.25, 0.3) is 0 Å². The predicted octanol–water partition coefficient (Wildman–Crippen LogP) is 4.78. The van der Waals surface area contributed by atoms with Crippen molar-refractivity contribution in [2.45, 2.75) is 31.1 Å². The first kappa shape index (κ1) is 22.7. The van der Waals surface area contributed by atoms with Crippen molar-refractivity contribution in [1.29, 1.82) is 0 Å². The minimum absolute atomic E-state index is 0.186. The molecule has 1 N–H and O–H groups in total. The van der Waals surface area contributed by atoms with E-state index in [9.17, 15) is 13.2 Å². The number of esters is 1. The number of ether oxygens (including phenoxy) is 1. The summed E-state index contributed by atoms with van der Waals surface area (Å²) in [5, 5.41) is 0. The van der Waals surface area contributed by atoms with Crippen molar-refractivity contribution in [2.75, 3.05) is 13.7 Å². The molecule has 31 heavy (non-hydrogen) atoms. The fourth-order valence-corrected chi connectivity index (χ4v) is 4.40. The summed E-state index contributed by atoms with van der Waals surface area (Å²) in [4.78, 5) is 12.5. The van der Waals surface area contributed by atoms with Gasteiger partial charge in [0.15, 0.2) is 0 Å². The molecular formula is C25H27NO4S. The zero-order chi connectivity index (χ0) is 22.4. The molecule has 0 radical (unpaired) electrons. The summed E-state index contributed by atoms with van der Waals surface area (Å²) in [7, 11) is -2.16. The smallest absolute Gasteiger partial charge is 0.338 e. The van der Waals surface area contributed by atoms with Crippen LogP contribution in [0.4, 0.5) is 0 Å². The van der Waals surface area contributed by atoms with Crippen molar-refractivity contribution in [2.24, 2.45) is 0 Å². The highest BCUT2D eigenvalue weighted by Crippen LogP contribution is 2.34. The Morgan fingerprint density at radius 2 is 1.68 bits per heavy atom. The van der Waals surface area contributed by atoms with Crippen LogP contribution >= 0.6 is 0 Å². The summed E-state index contributed by atoms with van der Waals surface area (Å²) in [5.74, 6) is 0.00668. The van der Waals surface area contributed by atoms with Crippen LogP contribution in [0.15, 0.2) is 77.7 Å². The highest BCUT2D eigenvalue weighted by molar-refractivity contribution is 7.89. The van der Waals surface area contributed by atoms with Crippen LogP contribution in [-0.2, 0) is 21.2 Å². The molecule has 0 unspecified atom stereocenters.